The topological polar surface area (TPSA) is 57.6 Å². The second kappa shape index (κ2) is 3.59. The van der Waals surface area contributed by atoms with Crippen LogP contribution in [0.3, 0.4) is 0 Å². The third-order valence-corrected chi connectivity index (χ3v) is 3.38. The molecule has 2 aliphatic rings. The number of nitrogens with zero attached hydrogens (tertiary/aromatic N) is 1. The van der Waals surface area contributed by atoms with E-state index in [1.165, 1.54) is 4.90 Å². The Morgan fingerprint density at radius 2 is 1.87 bits per heavy atom. The van der Waals surface area contributed by atoms with Gasteiger partial charge in [0.25, 0.3) is 0 Å². The smallest absolute Gasteiger partial charge is 0.229 e. The first kappa shape index (κ1) is 10.6. The summed E-state index contributed by atoms with van der Waals surface area (Å²) in [4.78, 5) is 24.7. The van der Waals surface area contributed by atoms with E-state index in [2.05, 4.69) is 0 Å². The van der Waals surface area contributed by atoms with Crippen LogP contribution in [-0.2, 0) is 9.59 Å². The molecular formula is C11H17NO3. The van der Waals surface area contributed by atoms with Crippen molar-refractivity contribution in [3.63, 3.8) is 0 Å². The largest absolute Gasteiger partial charge is 0.393 e. The highest BCUT2D eigenvalue weighted by atomic mass is 16.3. The first-order valence-corrected chi connectivity index (χ1v) is 5.54. The SMILES string of the molecule is CC(O)CCN1C(=O)CC2(CC2)CC1=O. The molecule has 1 N–H and O–H groups in total. The number of imide groups is 1. The van der Waals surface area contributed by atoms with E-state index in [1.54, 1.807) is 6.92 Å². The van der Waals surface area contributed by atoms with Crippen molar-refractivity contribution in [2.24, 2.45) is 5.41 Å². The van der Waals surface area contributed by atoms with E-state index < -0.39 is 6.10 Å². The van der Waals surface area contributed by atoms with Crippen molar-refractivity contribution in [1.82, 2.24) is 4.90 Å². The molecule has 0 aromatic heterocycles. The van der Waals surface area contributed by atoms with Gasteiger partial charge in [-0.15, -0.1) is 0 Å². The fraction of sp³-hybridized carbons (Fsp3) is 0.818. The third-order valence-electron chi connectivity index (χ3n) is 3.38. The normalized spacial score (nSPS) is 25.9. The molecule has 0 aromatic carbocycles. The summed E-state index contributed by atoms with van der Waals surface area (Å²) in [5.74, 6) is -0.103. The highest BCUT2D eigenvalue weighted by Gasteiger charge is 2.51. The van der Waals surface area contributed by atoms with E-state index in [0.29, 0.717) is 25.8 Å². The molecule has 4 heteroatoms. The molecule has 1 saturated heterocycles. The van der Waals surface area contributed by atoms with Crippen LogP contribution in [0.5, 0.6) is 0 Å². The first-order chi connectivity index (χ1) is 7.02. The third kappa shape index (κ3) is 2.20. The number of amides is 2. The molecule has 0 bridgehead atoms. The lowest BCUT2D eigenvalue weighted by Crippen LogP contribution is -2.44. The molecule has 0 aromatic rings. The Hall–Kier alpha value is -0.900. The van der Waals surface area contributed by atoms with Crippen LogP contribution in [0.25, 0.3) is 0 Å². The Balaban J connectivity index is 1.94. The molecule has 1 aliphatic carbocycles. The summed E-state index contributed by atoms with van der Waals surface area (Å²) in [6.45, 7) is 2.03. The average molecular weight is 211 g/mol. The summed E-state index contributed by atoms with van der Waals surface area (Å²) in [6, 6.07) is 0. The zero-order chi connectivity index (χ0) is 11.1. The number of hydrogen-bond donors (Lipinski definition) is 1. The van der Waals surface area contributed by atoms with E-state index in [9.17, 15) is 9.59 Å². The zero-order valence-corrected chi connectivity index (χ0v) is 9.03. The summed E-state index contributed by atoms with van der Waals surface area (Å²) in [5, 5.41) is 9.12. The maximum atomic E-state index is 11.7. The van der Waals surface area contributed by atoms with Gasteiger partial charge in [-0.3, -0.25) is 14.5 Å². The molecule has 2 amide bonds. The van der Waals surface area contributed by atoms with Crippen molar-refractivity contribution in [2.45, 2.75) is 45.1 Å². The molecular weight excluding hydrogens is 194 g/mol. The Morgan fingerprint density at radius 3 is 2.27 bits per heavy atom. The molecule has 2 fully saturated rings. The van der Waals surface area contributed by atoms with Crippen LogP contribution < -0.4 is 0 Å². The van der Waals surface area contributed by atoms with Gasteiger partial charge >= 0.3 is 0 Å². The number of likely N-dealkylation sites (tertiary alicyclic amines) is 1. The number of aliphatic hydroxyl groups excluding tert-OH is 1. The predicted octanol–water partition coefficient (Wildman–Crippen LogP) is 0.686. The van der Waals surface area contributed by atoms with E-state index in [1.807, 2.05) is 0 Å². The van der Waals surface area contributed by atoms with Gasteiger partial charge in [-0.1, -0.05) is 0 Å². The molecule has 1 spiro atoms. The zero-order valence-electron chi connectivity index (χ0n) is 9.03. The quantitative estimate of drug-likeness (QED) is 0.699. The van der Waals surface area contributed by atoms with Crippen LogP contribution >= 0.6 is 0 Å². The highest BCUT2D eigenvalue weighted by molar-refractivity contribution is 5.98. The first-order valence-electron chi connectivity index (χ1n) is 5.54. The maximum absolute atomic E-state index is 11.7. The van der Waals surface area contributed by atoms with Crippen molar-refractivity contribution < 1.29 is 14.7 Å². The number of piperidine rings is 1. The molecule has 1 unspecified atom stereocenters. The molecule has 2 rings (SSSR count). The van der Waals surface area contributed by atoms with Crippen LogP contribution in [0.4, 0.5) is 0 Å². The number of rotatable bonds is 3. The minimum Gasteiger partial charge on any atom is -0.393 e. The number of aliphatic hydroxyl groups is 1. The molecule has 15 heavy (non-hydrogen) atoms. The van der Waals surface area contributed by atoms with Crippen molar-refractivity contribution in [1.29, 1.82) is 0 Å². The van der Waals surface area contributed by atoms with Crippen LogP contribution in [0.2, 0.25) is 0 Å². The van der Waals surface area contributed by atoms with Gasteiger partial charge in [0.05, 0.1) is 6.10 Å². The fourth-order valence-corrected chi connectivity index (χ4v) is 2.13. The Morgan fingerprint density at radius 1 is 1.33 bits per heavy atom. The standard InChI is InChI=1S/C11H17NO3/c1-8(13)2-5-12-9(14)6-11(3-4-11)7-10(12)15/h8,13H,2-7H2,1H3. The van der Waals surface area contributed by atoms with Crippen LogP contribution in [0.1, 0.15) is 39.0 Å². The second-order valence-corrected chi connectivity index (χ2v) is 4.93. The van der Waals surface area contributed by atoms with Crippen molar-refractivity contribution in [3.05, 3.63) is 0 Å². The van der Waals surface area contributed by atoms with Gasteiger partial charge < -0.3 is 5.11 Å². The summed E-state index contributed by atoms with van der Waals surface area (Å²) in [5.41, 5.74) is 0.0372. The van der Waals surface area contributed by atoms with E-state index in [0.717, 1.165) is 12.8 Å². The lowest BCUT2D eigenvalue weighted by atomic mass is 9.92. The maximum Gasteiger partial charge on any atom is 0.229 e. The van der Waals surface area contributed by atoms with Crippen molar-refractivity contribution in [3.8, 4) is 0 Å². The fourth-order valence-electron chi connectivity index (χ4n) is 2.13. The van der Waals surface area contributed by atoms with Crippen LogP contribution in [-0.4, -0.2) is 34.5 Å². The van der Waals surface area contributed by atoms with E-state index in [-0.39, 0.29) is 17.2 Å². The van der Waals surface area contributed by atoms with Crippen molar-refractivity contribution >= 4 is 11.8 Å². The van der Waals surface area contributed by atoms with Gasteiger partial charge in [-0.2, -0.15) is 0 Å². The monoisotopic (exact) mass is 211 g/mol. The van der Waals surface area contributed by atoms with Gasteiger partial charge in [0.15, 0.2) is 0 Å². The minimum atomic E-state index is -0.456. The van der Waals surface area contributed by atoms with Crippen LogP contribution in [0.15, 0.2) is 0 Å². The molecule has 1 atom stereocenters. The molecule has 1 heterocycles. The van der Waals surface area contributed by atoms with E-state index >= 15 is 0 Å². The number of hydrogen-bond acceptors (Lipinski definition) is 3. The van der Waals surface area contributed by atoms with Gasteiger partial charge in [-0.25, -0.2) is 0 Å². The van der Waals surface area contributed by atoms with Gasteiger partial charge in [0.2, 0.25) is 11.8 Å². The Bertz CT molecular complexity index is 274. The molecule has 1 saturated carbocycles. The molecule has 84 valence electrons. The number of carbonyl (C=O) groups is 2. The predicted molar refractivity (Wildman–Crippen MR) is 53.9 cm³/mol. The lowest BCUT2D eigenvalue weighted by molar-refractivity contribution is -0.151. The highest BCUT2D eigenvalue weighted by Crippen LogP contribution is 2.54. The van der Waals surface area contributed by atoms with Gasteiger partial charge in [0.1, 0.15) is 0 Å². The molecule has 4 nitrogen and oxygen atoms in total. The van der Waals surface area contributed by atoms with Crippen molar-refractivity contribution in [2.75, 3.05) is 6.54 Å². The summed E-state index contributed by atoms with van der Waals surface area (Å²) in [7, 11) is 0. The summed E-state index contributed by atoms with van der Waals surface area (Å²) >= 11 is 0. The average Bonchev–Trinajstić information content (AvgIpc) is 2.82. The Labute approximate surface area is 89.3 Å². The Kier molecular flexibility index (Phi) is 2.54. The second-order valence-electron chi connectivity index (χ2n) is 4.93. The van der Waals surface area contributed by atoms with E-state index in [4.69, 9.17) is 5.11 Å². The summed E-state index contributed by atoms with van der Waals surface area (Å²) in [6.07, 6.45) is 3.12. The number of carbonyl (C=O) groups excluding carboxylic acids is 2. The summed E-state index contributed by atoms with van der Waals surface area (Å²) < 4.78 is 0. The minimum absolute atomic E-state index is 0.0372. The molecule has 0 radical (unpaired) electrons. The van der Waals surface area contributed by atoms with Crippen LogP contribution in [0, 0.1) is 5.41 Å². The lowest BCUT2D eigenvalue weighted by Gasteiger charge is -2.30. The van der Waals surface area contributed by atoms with Gasteiger partial charge in [-0.05, 0) is 31.6 Å². The van der Waals surface area contributed by atoms with Gasteiger partial charge in [0, 0.05) is 19.4 Å². The molecule has 1 aliphatic heterocycles.